The number of aliphatic imine (C=N–C) groups is 1. The normalized spacial score (nSPS) is 22.4. The molecule has 0 saturated carbocycles. The van der Waals surface area contributed by atoms with E-state index < -0.39 is 12.7 Å². The van der Waals surface area contributed by atoms with E-state index in [1.807, 2.05) is 12.1 Å². The van der Waals surface area contributed by atoms with E-state index in [1.54, 1.807) is 14.2 Å². The third kappa shape index (κ3) is 7.26. The highest BCUT2D eigenvalue weighted by Gasteiger charge is 2.34. The number of nitrogens with one attached hydrogen (secondary N) is 2. The number of ether oxygens (including phenoxy) is 2. The number of alkyl halides is 3. The van der Waals surface area contributed by atoms with Gasteiger partial charge in [-0.1, -0.05) is 12.1 Å². The molecule has 2 saturated heterocycles. The van der Waals surface area contributed by atoms with Crippen LogP contribution in [0.3, 0.4) is 0 Å². The Morgan fingerprint density at radius 1 is 1.23 bits per heavy atom. The lowest BCUT2D eigenvalue weighted by atomic mass is 10.0. The third-order valence-electron chi connectivity index (χ3n) is 5.69. The first-order valence-corrected chi connectivity index (χ1v) is 10.6. The second-order valence-electron chi connectivity index (χ2n) is 7.87. The van der Waals surface area contributed by atoms with Crippen LogP contribution in [0.2, 0.25) is 0 Å². The second-order valence-corrected chi connectivity index (χ2v) is 7.87. The molecule has 2 aliphatic heterocycles. The van der Waals surface area contributed by atoms with Crippen LogP contribution < -0.4 is 15.4 Å². The number of benzene rings is 1. The van der Waals surface area contributed by atoms with Crippen molar-refractivity contribution in [3.05, 3.63) is 29.8 Å². The average Bonchev–Trinajstić information content (AvgIpc) is 3.19. The SMILES string of the molecule is CN=C(NCC(c1ccc(OC)cc1)N1CCOCC1)NC1CCN(CC(F)(F)F)C1. The number of hydrogen-bond acceptors (Lipinski definition) is 5. The Kier molecular flexibility index (Phi) is 8.39. The van der Waals surface area contributed by atoms with Crippen LogP contribution in [0.5, 0.6) is 5.75 Å². The fourth-order valence-corrected chi connectivity index (χ4v) is 4.10. The number of guanidine groups is 1. The van der Waals surface area contributed by atoms with Crippen molar-refractivity contribution < 1.29 is 22.6 Å². The fraction of sp³-hybridized carbons (Fsp3) is 0.667. The van der Waals surface area contributed by atoms with E-state index in [-0.39, 0.29) is 12.1 Å². The van der Waals surface area contributed by atoms with Gasteiger partial charge in [0, 0.05) is 45.8 Å². The number of rotatable bonds is 7. The van der Waals surface area contributed by atoms with Crippen LogP contribution in [-0.2, 0) is 4.74 Å². The van der Waals surface area contributed by atoms with Crippen LogP contribution in [0.25, 0.3) is 0 Å². The van der Waals surface area contributed by atoms with Crippen LogP contribution in [0.4, 0.5) is 13.2 Å². The lowest BCUT2D eigenvalue weighted by Crippen LogP contribution is -2.49. The molecule has 7 nitrogen and oxygen atoms in total. The van der Waals surface area contributed by atoms with Crippen LogP contribution >= 0.6 is 0 Å². The predicted molar refractivity (Wildman–Crippen MR) is 114 cm³/mol. The van der Waals surface area contributed by atoms with Gasteiger partial charge in [-0.2, -0.15) is 13.2 Å². The molecule has 2 N–H and O–H groups in total. The summed E-state index contributed by atoms with van der Waals surface area (Å²) in [5.74, 6) is 1.41. The number of methoxy groups -OCH3 is 1. The van der Waals surface area contributed by atoms with E-state index >= 15 is 0 Å². The summed E-state index contributed by atoms with van der Waals surface area (Å²) in [6.45, 7) is 3.58. The quantitative estimate of drug-likeness (QED) is 0.496. The van der Waals surface area contributed by atoms with E-state index in [2.05, 4.69) is 32.7 Å². The monoisotopic (exact) mass is 443 g/mol. The molecule has 0 bridgehead atoms. The Hall–Kier alpha value is -2.04. The molecule has 0 spiro atoms. The van der Waals surface area contributed by atoms with Crippen molar-refractivity contribution in [1.29, 1.82) is 0 Å². The van der Waals surface area contributed by atoms with Gasteiger partial charge in [0.1, 0.15) is 5.75 Å². The average molecular weight is 444 g/mol. The number of nitrogens with zero attached hydrogens (tertiary/aromatic N) is 3. The van der Waals surface area contributed by atoms with Crippen molar-refractivity contribution >= 4 is 5.96 Å². The molecule has 0 amide bonds. The molecule has 2 aliphatic rings. The third-order valence-corrected chi connectivity index (χ3v) is 5.69. The van der Waals surface area contributed by atoms with Crippen molar-refractivity contribution in [3.63, 3.8) is 0 Å². The van der Waals surface area contributed by atoms with Gasteiger partial charge < -0.3 is 20.1 Å². The second kappa shape index (κ2) is 11.0. The Bertz CT molecular complexity index is 708. The molecule has 31 heavy (non-hydrogen) atoms. The summed E-state index contributed by atoms with van der Waals surface area (Å²) in [7, 11) is 3.32. The topological polar surface area (TPSA) is 61.4 Å². The maximum Gasteiger partial charge on any atom is 0.401 e. The van der Waals surface area contributed by atoms with E-state index in [9.17, 15) is 13.2 Å². The summed E-state index contributed by atoms with van der Waals surface area (Å²) in [6, 6.07) is 8.06. The summed E-state index contributed by atoms with van der Waals surface area (Å²) < 4.78 is 48.7. The van der Waals surface area contributed by atoms with E-state index in [4.69, 9.17) is 9.47 Å². The zero-order valence-corrected chi connectivity index (χ0v) is 18.1. The fourth-order valence-electron chi connectivity index (χ4n) is 4.10. The highest BCUT2D eigenvalue weighted by atomic mass is 19.4. The van der Waals surface area contributed by atoms with Crippen molar-refractivity contribution in [2.75, 3.05) is 66.6 Å². The lowest BCUT2D eigenvalue weighted by molar-refractivity contribution is -0.143. The zero-order chi connectivity index (χ0) is 22.3. The number of morpholine rings is 1. The van der Waals surface area contributed by atoms with Crippen molar-refractivity contribution in [2.24, 2.45) is 4.99 Å². The summed E-state index contributed by atoms with van der Waals surface area (Å²) >= 11 is 0. The minimum absolute atomic E-state index is 0.0589. The first-order valence-electron chi connectivity index (χ1n) is 10.6. The van der Waals surface area contributed by atoms with Crippen molar-refractivity contribution in [3.8, 4) is 5.75 Å². The molecule has 2 atom stereocenters. The van der Waals surface area contributed by atoms with Crippen LogP contribution in [0.1, 0.15) is 18.0 Å². The summed E-state index contributed by atoms with van der Waals surface area (Å²) in [5, 5.41) is 6.64. The van der Waals surface area contributed by atoms with Crippen molar-refractivity contribution in [2.45, 2.75) is 24.7 Å². The Labute approximate surface area is 181 Å². The molecule has 0 aliphatic carbocycles. The van der Waals surface area contributed by atoms with Gasteiger partial charge in [0.15, 0.2) is 5.96 Å². The minimum atomic E-state index is -4.17. The van der Waals surface area contributed by atoms with Gasteiger partial charge in [0.2, 0.25) is 0 Å². The van der Waals surface area contributed by atoms with Crippen molar-refractivity contribution in [1.82, 2.24) is 20.4 Å². The Morgan fingerprint density at radius 2 is 1.94 bits per heavy atom. The molecule has 2 heterocycles. The van der Waals surface area contributed by atoms with Gasteiger partial charge in [0.05, 0.1) is 32.9 Å². The molecule has 3 rings (SSSR count). The molecular weight excluding hydrogens is 411 g/mol. The molecule has 174 valence electrons. The largest absolute Gasteiger partial charge is 0.497 e. The number of likely N-dealkylation sites (tertiary alicyclic amines) is 1. The maximum absolute atomic E-state index is 12.6. The molecule has 0 radical (unpaired) electrons. The highest BCUT2D eigenvalue weighted by Crippen LogP contribution is 2.24. The minimum Gasteiger partial charge on any atom is -0.497 e. The Balaban J connectivity index is 1.58. The zero-order valence-electron chi connectivity index (χ0n) is 18.1. The van der Waals surface area contributed by atoms with Crippen LogP contribution in [0, 0.1) is 0 Å². The molecular formula is C21H32F3N5O2. The number of halogens is 3. The molecule has 1 aromatic carbocycles. The smallest absolute Gasteiger partial charge is 0.401 e. The van der Waals surface area contributed by atoms with E-state index in [1.165, 1.54) is 4.90 Å². The van der Waals surface area contributed by atoms with Gasteiger partial charge >= 0.3 is 6.18 Å². The summed E-state index contributed by atoms with van der Waals surface area (Å²) in [5.41, 5.74) is 1.16. The molecule has 2 fully saturated rings. The summed E-state index contributed by atoms with van der Waals surface area (Å²) in [4.78, 5) is 8.08. The van der Waals surface area contributed by atoms with Crippen LogP contribution in [0.15, 0.2) is 29.3 Å². The van der Waals surface area contributed by atoms with Gasteiger partial charge in [-0.3, -0.25) is 14.8 Å². The molecule has 10 heteroatoms. The predicted octanol–water partition coefficient (Wildman–Crippen LogP) is 1.87. The van der Waals surface area contributed by atoms with Gasteiger partial charge in [-0.05, 0) is 24.1 Å². The van der Waals surface area contributed by atoms with Gasteiger partial charge in [-0.25, -0.2) is 0 Å². The highest BCUT2D eigenvalue weighted by molar-refractivity contribution is 5.80. The molecule has 1 aromatic rings. The first-order chi connectivity index (χ1) is 14.9. The first kappa shape index (κ1) is 23.6. The summed E-state index contributed by atoms with van der Waals surface area (Å²) in [6.07, 6.45) is -3.51. The van der Waals surface area contributed by atoms with E-state index in [0.29, 0.717) is 45.2 Å². The standard InChI is InChI=1S/C21H32F3N5O2/c1-25-20(27-17-7-8-28(14-17)15-21(22,23)24)26-13-19(29-9-11-31-12-10-29)16-3-5-18(30-2)6-4-16/h3-6,17,19H,7-15H2,1-2H3,(H2,25,26,27). The van der Waals surface area contributed by atoms with Gasteiger partial charge in [-0.15, -0.1) is 0 Å². The maximum atomic E-state index is 12.6. The van der Waals surface area contributed by atoms with Gasteiger partial charge in [0.25, 0.3) is 0 Å². The van der Waals surface area contributed by atoms with E-state index in [0.717, 1.165) is 24.4 Å². The number of hydrogen-bond donors (Lipinski definition) is 2. The molecule has 2 unspecified atom stereocenters. The lowest BCUT2D eigenvalue weighted by Gasteiger charge is -2.35. The van der Waals surface area contributed by atoms with Crippen LogP contribution in [-0.4, -0.2) is 94.6 Å². The molecule has 0 aromatic heterocycles. The Morgan fingerprint density at radius 3 is 2.55 bits per heavy atom.